The number of rotatable bonds is 6. The van der Waals surface area contributed by atoms with E-state index in [2.05, 4.69) is 31.0 Å². The first-order valence-electron chi connectivity index (χ1n) is 6.05. The summed E-state index contributed by atoms with van der Waals surface area (Å²) < 4.78 is 34.9. The highest BCUT2D eigenvalue weighted by atomic mass is 79.9. The maximum Gasteiger partial charge on any atom is 0.387 e. The maximum atomic E-state index is 12.4. The third-order valence-electron chi connectivity index (χ3n) is 2.67. The minimum atomic E-state index is -2.89. The normalized spacial score (nSPS) is 10.5. The molecule has 21 heavy (non-hydrogen) atoms. The van der Waals surface area contributed by atoms with E-state index < -0.39 is 6.61 Å². The Labute approximate surface area is 129 Å². The molecule has 1 N–H and O–H groups in total. The van der Waals surface area contributed by atoms with Crippen molar-refractivity contribution in [3.05, 3.63) is 46.7 Å². The highest BCUT2D eigenvalue weighted by Gasteiger charge is 2.11. The van der Waals surface area contributed by atoms with Crippen molar-refractivity contribution < 1.29 is 18.3 Å². The van der Waals surface area contributed by atoms with Crippen LogP contribution in [-0.2, 0) is 6.54 Å². The van der Waals surface area contributed by atoms with E-state index in [-0.39, 0.29) is 11.5 Å². The number of alkyl halides is 2. The standard InChI is InChI=1S/C14H13BrF2N2O2/c1-20-11-4-2-9(6-12(11)21-14(16)17)7-18-10-3-5-13(15)19-8-10/h2-6,8,14,18H,7H2,1H3. The van der Waals surface area contributed by atoms with Crippen molar-refractivity contribution >= 4 is 21.6 Å². The number of ether oxygens (including phenoxy) is 2. The molecule has 0 spiro atoms. The van der Waals surface area contributed by atoms with Gasteiger partial charge in [-0.05, 0) is 45.8 Å². The molecular weight excluding hydrogens is 346 g/mol. The number of methoxy groups -OCH3 is 1. The summed E-state index contributed by atoms with van der Waals surface area (Å²) in [5, 5.41) is 3.14. The van der Waals surface area contributed by atoms with Gasteiger partial charge in [0.1, 0.15) is 4.60 Å². The largest absolute Gasteiger partial charge is 0.493 e. The average molecular weight is 359 g/mol. The molecule has 1 aromatic carbocycles. The second kappa shape index (κ2) is 7.21. The molecule has 4 nitrogen and oxygen atoms in total. The van der Waals surface area contributed by atoms with E-state index in [1.807, 2.05) is 12.1 Å². The zero-order chi connectivity index (χ0) is 15.2. The van der Waals surface area contributed by atoms with Gasteiger partial charge in [0.2, 0.25) is 0 Å². The van der Waals surface area contributed by atoms with Gasteiger partial charge >= 0.3 is 6.61 Å². The molecule has 0 atom stereocenters. The van der Waals surface area contributed by atoms with Gasteiger partial charge in [-0.3, -0.25) is 0 Å². The number of nitrogens with zero attached hydrogens (tertiary/aromatic N) is 1. The molecule has 0 unspecified atom stereocenters. The Hall–Kier alpha value is -1.89. The Balaban J connectivity index is 2.07. The summed E-state index contributed by atoms with van der Waals surface area (Å²) in [5.74, 6) is 0.282. The van der Waals surface area contributed by atoms with Crippen LogP contribution in [0.3, 0.4) is 0 Å². The Morgan fingerprint density at radius 1 is 1.24 bits per heavy atom. The molecule has 1 aromatic heterocycles. The number of nitrogens with one attached hydrogen (secondary N) is 1. The second-order valence-corrected chi connectivity index (χ2v) is 4.90. The lowest BCUT2D eigenvalue weighted by Crippen LogP contribution is -2.05. The smallest absolute Gasteiger partial charge is 0.387 e. The van der Waals surface area contributed by atoms with E-state index in [9.17, 15) is 8.78 Å². The lowest BCUT2D eigenvalue weighted by atomic mass is 10.2. The van der Waals surface area contributed by atoms with Gasteiger partial charge in [-0.25, -0.2) is 4.98 Å². The van der Waals surface area contributed by atoms with E-state index in [4.69, 9.17) is 4.74 Å². The van der Waals surface area contributed by atoms with Crippen LogP contribution in [0.2, 0.25) is 0 Å². The van der Waals surface area contributed by atoms with Crippen molar-refractivity contribution in [2.24, 2.45) is 0 Å². The number of anilines is 1. The Morgan fingerprint density at radius 3 is 2.67 bits per heavy atom. The van der Waals surface area contributed by atoms with Gasteiger partial charge in [-0.15, -0.1) is 0 Å². The molecule has 0 aliphatic heterocycles. The van der Waals surface area contributed by atoms with Crippen LogP contribution in [0.1, 0.15) is 5.56 Å². The first-order valence-corrected chi connectivity index (χ1v) is 6.85. The van der Waals surface area contributed by atoms with Crippen molar-refractivity contribution in [2.75, 3.05) is 12.4 Å². The maximum absolute atomic E-state index is 12.4. The predicted octanol–water partition coefficient (Wildman–Crippen LogP) is 4.07. The van der Waals surface area contributed by atoms with Crippen molar-refractivity contribution in [3.8, 4) is 11.5 Å². The average Bonchev–Trinajstić information content (AvgIpc) is 2.46. The van der Waals surface area contributed by atoms with Gasteiger partial charge in [0.05, 0.1) is 19.0 Å². The van der Waals surface area contributed by atoms with Crippen molar-refractivity contribution in [1.29, 1.82) is 0 Å². The number of hydrogen-bond donors (Lipinski definition) is 1. The van der Waals surface area contributed by atoms with Crippen LogP contribution < -0.4 is 14.8 Å². The molecule has 0 radical (unpaired) electrons. The first-order chi connectivity index (χ1) is 10.1. The second-order valence-electron chi connectivity index (χ2n) is 4.09. The van der Waals surface area contributed by atoms with Crippen LogP contribution >= 0.6 is 15.9 Å². The van der Waals surface area contributed by atoms with E-state index in [0.717, 1.165) is 15.9 Å². The Morgan fingerprint density at radius 2 is 2.05 bits per heavy atom. The first kappa shape index (κ1) is 15.5. The zero-order valence-electron chi connectivity index (χ0n) is 11.1. The van der Waals surface area contributed by atoms with E-state index in [0.29, 0.717) is 6.54 Å². The summed E-state index contributed by atoms with van der Waals surface area (Å²) in [4.78, 5) is 4.09. The van der Waals surface area contributed by atoms with Crippen LogP contribution in [0.4, 0.5) is 14.5 Å². The molecular formula is C14H13BrF2N2O2. The summed E-state index contributed by atoms with van der Waals surface area (Å²) in [7, 11) is 1.40. The van der Waals surface area contributed by atoms with Crippen LogP contribution in [0.5, 0.6) is 11.5 Å². The molecule has 0 saturated heterocycles. The fourth-order valence-electron chi connectivity index (χ4n) is 1.70. The molecule has 2 rings (SSSR count). The molecule has 112 valence electrons. The summed E-state index contributed by atoms with van der Waals surface area (Å²) >= 11 is 3.25. The molecule has 2 aromatic rings. The molecule has 0 saturated carbocycles. The number of hydrogen-bond acceptors (Lipinski definition) is 4. The fraction of sp³-hybridized carbons (Fsp3) is 0.214. The molecule has 0 aliphatic carbocycles. The lowest BCUT2D eigenvalue weighted by molar-refractivity contribution is -0.0512. The lowest BCUT2D eigenvalue weighted by Gasteiger charge is -2.12. The minimum absolute atomic E-state index is 0.0146. The van der Waals surface area contributed by atoms with Crippen LogP contribution in [0.15, 0.2) is 41.1 Å². The molecule has 7 heteroatoms. The summed E-state index contributed by atoms with van der Waals surface area (Å²) in [6, 6.07) is 8.55. The Kier molecular flexibility index (Phi) is 5.32. The van der Waals surface area contributed by atoms with Gasteiger partial charge < -0.3 is 14.8 Å². The van der Waals surface area contributed by atoms with E-state index >= 15 is 0 Å². The highest BCUT2D eigenvalue weighted by molar-refractivity contribution is 9.10. The molecule has 0 fully saturated rings. The van der Waals surface area contributed by atoms with Crippen LogP contribution in [0.25, 0.3) is 0 Å². The van der Waals surface area contributed by atoms with Crippen LogP contribution in [-0.4, -0.2) is 18.7 Å². The van der Waals surface area contributed by atoms with Gasteiger partial charge in [-0.2, -0.15) is 8.78 Å². The summed E-state index contributed by atoms with van der Waals surface area (Å²) in [5.41, 5.74) is 1.61. The Bertz CT molecular complexity index is 594. The van der Waals surface area contributed by atoms with Crippen LogP contribution in [0, 0.1) is 0 Å². The van der Waals surface area contributed by atoms with Crippen molar-refractivity contribution in [1.82, 2.24) is 4.98 Å². The minimum Gasteiger partial charge on any atom is -0.493 e. The topological polar surface area (TPSA) is 43.4 Å². The van der Waals surface area contributed by atoms with Gasteiger partial charge in [-0.1, -0.05) is 6.07 Å². The molecule has 0 aliphatic rings. The number of aromatic nitrogens is 1. The number of pyridine rings is 1. The number of benzene rings is 1. The number of halogens is 3. The third kappa shape index (κ3) is 4.56. The third-order valence-corrected chi connectivity index (χ3v) is 3.14. The SMILES string of the molecule is COc1ccc(CNc2ccc(Br)nc2)cc1OC(F)F. The summed E-state index contributed by atoms with van der Waals surface area (Å²) in [6.07, 6.45) is 1.67. The predicted molar refractivity (Wildman–Crippen MR) is 78.9 cm³/mol. The summed E-state index contributed by atoms with van der Waals surface area (Å²) in [6.45, 7) is -2.44. The van der Waals surface area contributed by atoms with Crippen molar-refractivity contribution in [3.63, 3.8) is 0 Å². The van der Waals surface area contributed by atoms with Gasteiger partial charge in [0.25, 0.3) is 0 Å². The highest BCUT2D eigenvalue weighted by Crippen LogP contribution is 2.29. The van der Waals surface area contributed by atoms with Gasteiger partial charge in [0.15, 0.2) is 11.5 Å². The van der Waals surface area contributed by atoms with Crippen molar-refractivity contribution in [2.45, 2.75) is 13.2 Å². The quantitative estimate of drug-likeness (QED) is 0.790. The zero-order valence-corrected chi connectivity index (χ0v) is 12.7. The fourth-order valence-corrected chi connectivity index (χ4v) is 1.94. The molecule has 0 bridgehead atoms. The van der Waals surface area contributed by atoms with E-state index in [1.54, 1.807) is 18.3 Å². The monoisotopic (exact) mass is 358 g/mol. The van der Waals surface area contributed by atoms with Gasteiger partial charge in [0, 0.05) is 6.54 Å². The van der Waals surface area contributed by atoms with E-state index in [1.165, 1.54) is 13.2 Å². The molecule has 0 amide bonds. The molecule has 1 heterocycles.